The van der Waals surface area contributed by atoms with Crippen LogP contribution in [0.25, 0.3) is 4.96 Å². The van der Waals surface area contributed by atoms with Crippen LogP contribution in [-0.2, 0) is 6.42 Å². The summed E-state index contributed by atoms with van der Waals surface area (Å²) >= 11 is 5.25. The predicted octanol–water partition coefficient (Wildman–Crippen LogP) is 4.09. The van der Waals surface area contributed by atoms with Crippen LogP contribution in [0.4, 0.5) is 0 Å². The highest BCUT2D eigenvalue weighted by Crippen LogP contribution is 2.24. The molecule has 0 bridgehead atoms. The molecule has 1 N–H and O–H groups in total. The lowest BCUT2D eigenvalue weighted by molar-refractivity contribution is 0.590. The topological polar surface area (TPSA) is 29.3 Å². The third-order valence-electron chi connectivity index (χ3n) is 3.56. The first-order valence-electron chi connectivity index (χ1n) is 7.13. The molecule has 3 nitrogen and oxygen atoms in total. The van der Waals surface area contributed by atoms with Crippen LogP contribution in [-0.4, -0.2) is 22.5 Å². The molecule has 5 heteroatoms. The fraction of sp³-hybridized carbons (Fsp3) is 0.312. The van der Waals surface area contributed by atoms with E-state index in [4.69, 9.17) is 4.98 Å². The fourth-order valence-electron chi connectivity index (χ4n) is 2.51. The summed E-state index contributed by atoms with van der Waals surface area (Å²) in [6.07, 6.45) is 5.16. The van der Waals surface area contributed by atoms with Crippen LogP contribution in [0, 0.1) is 0 Å². The third kappa shape index (κ3) is 3.54. The van der Waals surface area contributed by atoms with Crippen LogP contribution >= 0.6 is 27.3 Å². The van der Waals surface area contributed by atoms with Crippen molar-refractivity contribution >= 4 is 32.2 Å². The number of likely N-dealkylation sites (N-methyl/N-ethyl adjacent to an activating group) is 1. The van der Waals surface area contributed by atoms with Gasteiger partial charge in [-0.2, -0.15) is 0 Å². The van der Waals surface area contributed by atoms with E-state index in [9.17, 15) is 0 Å². The quantitative estimate of drug-likeness (QED) is 0.714. The van der Waals surface area contributed by atoms with E-state index in [1.54, 1.807) is 11.3 Å². The van der Waals surface area contributed by atoms with Gasteiger partial charge in [0.1, 0.15) is 0 Å². The molecule has 0 saturated carbocycles. The number of thiazole rings is 1. The molecular formula is C16H18BrN3S. The van der Waals surface area contributed by atoms with Gasteiger partial charge >= 0.3 is 0 Å². The number of aromatic nitrogens is 2. The number of benzene rings is 1. The van der Waals surface area contributed by atoms with Gasteiger partial charge in [0, 0.05) is 34.7 Å². The molecule has 2 aromatic heterocycles. The van der Waals surface area contributed by atoms with Gasteiger partial charge in [-0.25, -0.2) is 4.98 Å². The van der Waals surface area contributed by atoms with E-state index >= 15 is 0 Å². The molecule has 21 heavy (non-hydrogen) atoms. The van der Waals surface area contributed by atoms with Gasteiger partial charge in [0.05, 0.1) is 5.69 Å². The van der Waals surface area contributed by atoms with Crippen molar-refractivity contribution in [1.82, 2.24) is 14.7 Å². The second-order valence-electron chi connectivity index (χ2n) is 5.09. The SMILES string of the molecule is CCNCC(Cc1cn2ccsc2n1)c1cccc(Br)c1. The van der Waals surface area contributed by atoms with Crippen molar-refractivity contribution in [3.63, 3.8) is 0 Å². The summed E-state index contributed by atoms with van der Waals surface area (Å²) in [5.74, 6) is 0.437. The highest BCUT2D eigenvalue weighted by atomic mass is 79.9. The van der Waals surface area contributed by atoms with Gasteiger partial charge in [-0.1, -0.05) is 35.0 Å². The maximum atomic E-state index is 4.71. The molecule has 0 saturated heterocycles. The Hall–Kier alpha value is -1.17. The summed E-state index contributed by atoms with van der Waals surface area (Å²) in [5, 5.41) is 5.53. The molecule has 0 fully saturated rings. The Balaban J connectivity index is 1.83. The van der Waals surface area contributed by atoms with E-state index in [1.807, 2.05) is 0 Å². The first-order chi connectivity index (χ1) is 10.3. The Bertz CT molecular complexity index is 690. The molecule has 3 rings (SSSR count). The van der Waals surface area contributed by atoms with Gasteiger partial charge in [-0.3, -0.25) is 4.40 Å². The Kier molecular flexibility index (Phi) is 4.73. The highest BCUT2D eigenvalue weighted by Gasteiger charge is 2.15. The number of halogens is 1. The summed E-state index contributed by atoms with van der Waals surface area (Å²) in [4.78, 5) is 5.78. The molecule has 0 spiro atoms. The van der Waals surface area contributed by atoms with Gasteiger partial charge in [0.15, 0.2) is 4.96 Å². The second kappa shape index (κ2) is 6.73. The van der Waals surface area contributed by atoms with E-state index in [2.05, 4.69) is 74.6 Å². The van der Waals surface area contributed by atoms with E-state index in [0.29, 0.717) is 5.92 Å². The van der Waals surface area contributed by atoms with Gasteiger partial charge in [0.25, 0.3) is 0 Å². The number of imidazole rings is 1. The van der Waals surface area contributed by atoms with Crippen LogP contribution in [0.2, 0.25) is 0 Å². The molecule has 110 valence electrons. The minimum Gasteiger partial charge on any atom is -0.316 e. The van der Waals surface area contributed by atoms with E-state index in [1.165, 1.54) is 5.56 Å². The van der Waals surface area contributed by atoms with E-state index < -0.39 is 0 Å². The van der Waals surface area contributed by atoms with Gasteiger partial charge in [-0.05, 0) is 30.7 Å². The van der Waals surface area contributed by atoms with E-state index in [-0.39, 0.29) is 0 Å². The summed E-state index contributed by atoms with van der Waals surface area (Å²) in [7, 11) is 0. The maximum absolute atomic E-state index is 4.71. The van der Waals surface area contributed by atoms with Crippen molar-refractivity contribution in [2.45, 2.75) is 19.3 Å². The molecule has 3 aromatic rings. The fourth-order valence-corrected chi connectivity index (χ4v) is 3.65. The van der Waals surface area contributed by atoms with Crippen LogP contribution in [0.1, 0.15) is 24.1 Å². The zero-order valence-electron chi connectivity index (χ0n) is 11.9. The highest BCUT2D eigenvalue weighted by molar-refractivity contribution is 9.10. The number of fused-ring (bicyclic) bond motifs is 1. The standard InChI is InChI=1S/C16H18BrN3S/c1-2-18-10-13(12-4-3-5-14(17)8-12)9-15-11-20-6-7-21-16(20)19-15/h3-8,11,13,18H,2,9-10H2,1H3. The van der Waals surface area contributed by atoms with Crippen LogP contribution in [0.3, 0.4) is 0 Å². The number of nitrogens with zero attached hydrogens (tertiary/aromatic N) is 2. The Morgan fingerprint density at radius 3 is 3.10 bits per heavy atom. The Labute approximate surface area is 137 Å². The maximum Gasteiger partial charge on any atom is 0.193 e. The molecule has 1 unspecified atom stereocenters. The lowest BCUT2D eigenvalue weighted by atomic mass is 9.94. The molecule has 0 radical (unpaired) electrons. The number of hydrogen-bond donors (Lipinski definition) is 1. The minimum absolute atomic E-state index is 0.437. The molecule has 0 amide bonds. The van der Waals surface area contributed by atoms with Crippen LogP contribution in [0.5, 0.6) is 0 Å². The zero-order chi connectivity index (χ0) is 14.7. The summed E-state index contributed by atoms with van der Waals surface area (Å²) in [6.45, 7) is 4.10. The molecule has 0 aliphatic heterocycles. The molecule has 0 aliphatic rings. The van der Waals surface area contributed by atoms with Gasteiger partial charge in [-0.15, -0.1) is 11.3 Å². The normalized spacial score (nSPS) is 12.9. The summed E-state index contributed by atoms with van der Waals surface area (Å²) in [5.41, 5.74) is 2.51. The van der Waals surface area contributed by atoms with Crippen molar-refractivity contribution in [3.8, 4) is 0 Å². The number of rotatable bonds is 6. The molecule has 0 aliphatic carbocycles. The first-order valence-corrected chi connectivity index (χ1v) is 8.80. The predicted molar refractivity (Wildman–Crippen MR) is 92.2 cm³/mol. The van der Waals surface area contributed by atoms with Crippen molar-refractivity contribution in [3.05, 3.63) is 57.8 Å². The monoisotopic (exact) mass is 363 g/mol. The van der Waals surface area contributed by atoms with Gasteiger partial charge < -0.3 is 5.32 Å². The number of hydrogen-bond acceptors (Lipinski definition) is 3. The van der Waals surface area contributed by atoms with Crippen molar-refractivity contribution in [1.29, 1.82) is 0 Å². The largest absolute Gasteiger partial charge is 0.316 e. The lowest BCUT2D eigenvalue weighted by Gasteiger charge is -2.17. The Morgan fingerprint density at radius 2 is 2.33 bits per heavy atom. The van der Waals surface area contributed by atoms with Gasteiger partial charge in [0.2, 0.25) is 0 Å². The zero-order valence-corrected chi connectivity index (χ0v) is 14.3. The van der Waals surface area contributed by atoms with Crippen molar-refractivity contribution in [2.75, 3.05) is 13.1 Å². The van der Waals surface area contributed by atoms with Crippen molar-refractivity contribution in [2.24, 2.45) is 0 Å². The third-order valence-corrected chi connectivity index (χ3v) is 4.82. The minimum atomic E-state index is 0.437. The molecule has 2 heterocycles. The molecule has 1 aromatic carbocycles. The average molecular weight is 364 g/mol. The lowest BCUT2D eigenvalue weighted by Crippen LogP contribution is -2.22. The Morgan fingerprint density at radius 1 is 1.43 bits per heavy atom. The smallest absolute Gasteiger partial charge is 0.193 e. The van der Waals surface area contributed by atoms with E-state index in [0.717, 1.165) is 34.6 Å². The van der Waals surface area contributed by atoms with Crippen molar-refractivity contribution < 1.29 is 0 Å². The summed E-state index contributed by atoms with van der Waals surface area (Å²) in [6, 6.07) is 8.58. The second-order valence-corrected chi connectivity index (χ2v) is 6.88. The summed E-state index contributed by atoms with van der Waals surface area (Å²) < 4.78 is 3.23. The molecular weight excluding hydrogens is 346 g/mol. The first kappa shape index (κ1) is 14.8. The average Bonchev–Trinajstić information content (AvgIpc) is 3.04. The number of nitrogens with one attached hydrogen (secondary N) is 1. The molecule has 1 atom stereocenters. The van der Waals surface area contributed by atoms with Crippen LogP contribution < -0.4 is 5.32 Å². The van der Waals surface area contributed by atoms with Crippen LogP contribution in [0.15, 0.2) is 46.5 Å².